The average molecular weight is 373 g/mol. The van der Waals surface area contributed by atoms with Gasteiger partial charge in [-0.2, -0.15) is 0 Å². The number of hydrogen-bond donors (Lipinski definition) is 0. The molecule has 0 spiro atoms. The first-order valence-electron chi connectivity index (χ1n) is 8.03. The van der Waals surface area contributed by atoms with Gasteiger partial charge in [-0.3, -0.25) is 14.5 Å². The molecule has 1 aromatic carbocycles. The van der Waals surface area contributed by atoms with E-state index < -0.39 is 5.97 Å². The Kier molecular flexibility index (Phi) is 7.34. The van der Waals surface area contributed by atoms with Gasteiger partial charge in [0.05, 0.1) is 16.7 Å². The van der Waals surface area contributed by atoms with Crippen LogP contribution < -0.4 is 4.90 Å². The van der Waals surface area contributed by atoms with Gasteiger partial charge in [-0.25, -0.2) is 0 Å². The summed E-state index contributed by atoms with van der Waals surface area (Å²) in [4.78, 5) is 26.7. The van der Waals surface area contributed by atoms with Crippen LogP contribution in [0.15, 0.2) is 18.2 Å². The van der Waals surface area contributed by atoms with Gasteiger partial charge in [0.15, 0.2) is 0 Å². The number of ether oxygens (including phenoxy) is 1. The van der Waals surface area contributed by atoms with Crippen LogP contribution in [-0.2, 0) is 14.3 Å². The molecule has 132 valence electrons. The second kappa shape index (κ2) is 9.25. The predicted octanol–water partition coefficient (Wildman–Crippen LogP) is 3.03. The van der Waals surface area contributed by atoms with E-state index in [0.717, 1.165) is 44.8 Å². The fourth-order valence-corrected chi connectivity index (χ4v) is 2.93. The molecule has 1 aliphatic heterocycles. The summed E-state index contributed by atoms with van der Waals surface area (Å²) in [6.07, 6.45) is 0.638. The first-order valence-corrected chi connectivity index (χ1v) is 8.78. The molecular weight excluding hydrogens is 351 g/mol. The standard InChI is InChI=1S/C17H22Cl2N2O3/c1-13(22)11-17(23)24-10-2-5-20-6-8-21(9-7-20)14-3-4-15(18)16(19)12-14/h3-4,12H,2,5-11H2,1H3. The summed E-state index contributed by atoms with van der Waals surface area (Å²) in [7, 11) is 0. The molecule has 1 saturated heterocycles. The normalized spacial score (nSPS) is 15.4. The molecule has 0 aromatic heterocycles. The van der Waals surface area contributed by atoms with E-state index in [1.165, 1.54) is 6.92 Å². The van der Waals surface area contributed by atoms with E-state index in [-0.39, 0.29) is 12.2 Å². The third-order valence-electron chi connectivity index (χ3n) is 3.92. The molecule has 0 aliphatic carbocycles. The van der Waals surface area contributed by atoms with E-state index >= 15 is 0 Å². The van der Waals surface area contributed by atoms with Crippen LogP contribution in [-0.4, -0.2) is 56.0 Å². The quantitative estimate of drug-likeness (QED) is 0.418. The van der Waals surface area contributed by atoms with Crippen molar-refractivity contribution < 1.29 is 14.3 Å². The molecular formula is C17H22Cl2N2O3. The van der Waals surface area contributed by atoms with Crippen molar-refractivity contribution >= 4 is 40.6 Å². The Morgan fingerprint density at radius 1 is 1.12 bits per heavy atom. The minimum atomic E-state index is -0.438. The van der Waals surface area contributed by atoms with Crippen LogP contribution in [0.4, 0.5) is 5.69 Å². The van der Waals surface area contributed by atoms with Crippen LogP contribution in [0.5, 0.6) is 0 Å². The molecule has 5 nitrogen and oxygen atoms in total. The molecule has 0 amide bonds. The van der Waals surface area contributed by atoms with Crippen LogP contribution in [0.3, 0.4) is 0 Å². The van der Waals surface area contributed by atoms with Crippen molar-refractivity contribution in [2.24, 2.45) is 0 Å². The highest BCUT2D eigenvalue weighted by molar-refractivity contribution is 6.42. The van der Waals surface area contributed by atoms with Gasteiger partial charge in [-0.05, 0) is 31.5 Å². The van der Waals surface area contributed by atoms with Crippen molar-refractivity contribution in [3.05, 3.63) is 28.2 Å². The fraction of sp³-hybridized carbons (Fsp3) is 0.529. The smallest absolute Gasteiger partial charge is 0.313 e. The van der Waals surface area contributed by atoms with Gasteiger partial charge in [0.1, 0.15) is 12.2 Å². The van der Waals surface area contributed by atoms with Crippen molar-refractivity contribution in [1.82, 2.24) is 4.90 Å². The number of ketones is 1. The Morgan fingerprint density at radius 2 is 1.83 bits per heavy atom. The van der Waals surface area contributed by atoms with Gasteiger partial charge in [0.2, 0.25) is 0 Å². The summed E-state index contributed by atoms with van der Waals surface area (Å²) in [5.41, 5.74) is 1.09. The number of carbonyl (C=O) groups excluding carboxylic acids is 2. The third kappa shape index (κ3) is 5.96. The van der Waals surface area contributed by atoms with Crippen LogP contribution in [0.2, 0.25) is 10.0 Å². The summed E-state index contributed by atoms with van der Waals surface area (Å²) >= 11 is 12.0. The van der Waals surface area contributed by atoms with Crippen LogP contribution >= 0.6 is 23.2 Å². The van der Waals surface area contributed by atoms with Crippen molar-refractivity contribution in [1.29, 1.82) is 0 Å². The second-order valence-electron chi connectivity index (χ2n) is 5.88. The Morgan fingerprint density at radius 3 is 2.46 bits per heavy atom. The van der Waals surface area contributed by atoms with E-state index in [1.807, 2.05) is 18.2 Å². The van der Waals surface area contributed by atoms with Crippen LogP contribution in [0.1, 0.15) is 19.8 Å². The fourth-order valence-electron chi connectivity index (χ4n) is 2.64. The molecule has 0 atom stereocenters. The molecule has 24 heavy (non-hydrogen) atoms. The molecule has 1 aromatic rings. The number of piperazine rings is 1. The Balaban J connectivity index is 1.66. The van der Waals surface area contributed by atoms with Crippen LogP contribution in [0.25, 0.3) is 0 Å². The highest BCUT2D eigenvalue weighted by atomic mass is 35.5. The lowest BCUT2D eigenvalue weighted by molar-refractivity contribution is -0.145. The van der Waals surface area contributed by atoms with E-state index in [4.69, 9.17) is 27.9 Å². The summed E-state index contributed by atoms with van der Waals surface area (Å²) in [6.45, 7) is 6.35. The van der Waals surface area contributed by atoms with Crippen molar-refractivity contribution in [3.8, 4) is 0 Å². The number of rotatable bonds is 7. The van der Waals surface area contributed by atoms with Crippen molar-refractivity contribution in [3.63, 3.8) is 0 Å². The van der Waals surface area contributed by atoms with E-state index in [9.17, 15) is 9.59 Å². The molecule has 0 N–H and O–H groups in total. The van der Waals surface area contributed by atoms with Crippen molar-refractivity contribution in [2.45, 2.75) is 19.8 Å². The lowest BCUT2D eigenvalue weighted by atomic mass is 10.2. The molecule has 0 unspecified atom stereocenters. The molecule has 1 aliphatic rings. The number of nitrogens with zero attached hydrogens (tertiary/aromatic N) is 2. The topological polar surface area (TPSA) is 49.9 Å². The zero-order valence-electron chi connectivity index (χ0n) is 13.8. The first kappa shape index (κ1) is 19.0. The first-order chi connectivity index (χ1) is 11.5. The molecule has 2 rings (SSSR count). The molecule has 1 heterocycles. The lowest BCUT2D eigenvalue weighted by Crippen LogP contribution is -2.46. The molecule has 0 saturated carbocycles. The maximum atomic E-state index is 11.3. The Hall–Kier alpha value is -1.30. The highest BCUT2D eigenvalue weighted by Gasteiger charge is 2.17. The maximum Gasteiger partial charge on any atom is 0.313 e. The number of halogens is 2. The van der Waals surface area contributed by atoms with E-state index in [1.54, 1.807) is 0 Å². The summed E-state index contributed by atoms with van der Waals surface area (Å²) in [5.74, 6) is -0.606. The number of anilines is 1. The number of hydrogen-bond acceptors (Lipinski definition) is 5. The van der Waals surface area contributed by atoms with Crippen molar-refractivity contribution in [2.75, 3.05) is 44.2 Å². The third-order valence-corrected chi connectivity index (χ3v) is 4.65. The number of esters is 1. The van der Waals surface area contributed by atoms with Crippen LogP contribution in [0, 0.1) is 0 Å². The maximum absolute atomic E-state index is 11.3. The Bertz CT molecular complexity index is 587. The van der Waals surface area contributed by atoms with Gasteiger partial charge in [0.25, 0.3) is 0 Å². The zero-order valence-corrected chi connectivity index (χ0v) is 15.3. The molecule has 0 radical (unpaired) electrons. The Labute approximate surface area is 152 Å². The lowest BCUT2D eigenvalue weighted by Gasteiger charge is -2.36. The van der Waals surface area contributed by atoms with E-state index in [0.29, 0.717) is 16.7 Å². The minimum absolute atomic E-state index is 0.137. The van der Waals surface area contributed by atoms with Gasteiger partial charge in [-0.15, -0.1) is 0 Å². The molecule has 1 fully saturated rings. The monoisotopic (exact) mass is 372 g/mol. The highest BCUT2D eigenvalue weighted by Crippen LogP contribution is 2.27. The SMILES string of the molecule is CC(=O)CC(=O)OCCCN1CCN(c2ccc(Cl)c(Cl)c2)CC1. The predicted molar refractivity (Wildman–Crippen MR) is 96.0 cm³/mol. The molecule has 0 bridgehead atoms. The number of Topliss-reactive ketones (excluding diaryl/α,β-unsaturated/α-hetero) is 1. The van der Waals surface area contributed by atoms with Gasteiger partial charge in [-0.1, -0.05) is 23.2 Å². The van der Waals surface area contributed by atoms with Gasteiger partial charge < -0.3 is 9.64 Å². The average Bonchev–Trinajstić information content (AvgIpc) is 2.54. The molecule has 7 heteroatoms. The summed E-state index contributed by atoms with van der Waals surface area (Å²) in [6, 6.07) is 5.70. The van der Waals surface area contributed by atoms with E-state index in [2.05, 4.69) is 9.80 Å². The van der Waals surface area contributed by atoms with Gasteiger partial charge >= 0.3 is 5.97 Å². The largest absolute Gasteiger partial charge is 0.465 e. The minimum Gasteiger partial charge on any atom is -0.465 e. The number of benzene rings is 1. The number of carbonyl (C=O) groups is 2. The summed E-state index contributed by atoms with van der Waals surface area (Å²) in [5, 5.41) is 1.14. The van der Waals surface area contributed by atoms with Gasteiger partial charge in [0, 0.05) is 38.4 Å². The zero-order chi connectivity index (χ0) is 17.5. The summed E-state index contributed by atoms with van der Waals surface area (Å²) < 4.78 is 5.03. The second-order valence-corrected chi connectivity index (χ2v) is 6.69.